The fraction of sp³-hybridized carbons (Fsp3) is 0.750. The predicted molar refractivity (Wildman–Crippen MR) is 106 cm³/mol. The molecule has 148 valence electrons. The van der Waals surface area contributed by atoms with Crippen molar-refractivity contribution in [1.29, 1.82) is 0 Å². The number of carbonyl (C=O) groups excluding carboxylic acids is 2. The van der Waals surface area contributed by atoms with Gasteiger partial charge in [-0.2, -0.15) is 0 Å². The van der Waals surface area contributed by atoms with Crippen LogP contribution in [0.3, 0.4) is 0 Å². The minimum absolute atomic E-state index is 0.00626. The van der Waals surface area contributed by atoms with E-state index in [-0.39, 0.29) is 22.4 Å². The van der Waals surface area contributed by atoms with Crippen LogP contribution in [0.5, 0.6) is 0 Å². The standard InChI is InChI=1S/C24H34O3/c1-5-21(26)27-24(4)12-6-7-20-18-9-8-16-15-17(25)10-13-22(16,2)19(18)11-14-23(20,24)3/h11,15,18,20H,5-10,12-14H2,1-4H3/t18?,20?,22?,23?,24-/m0/s1. The van der Waals surface area contributed by atoms with Crippen LogP contribution in [0.2, 0.25) is 0 Å². The van der Waals surface area contributed by atoms with Gasteiger partial charge in [0.25, 0.3) is 0 Å². The molecule has 0 bridgehead atoms. The van der Waals surface area contributed by atoms with Crippen LogP contribution in [0.4, 0.5) is 0 Å². The van der Waals surface area contributed by atoms with E-state index in [9.17, 15) is 9.59 Å². The van der Waals surface area contributed by atoms with Crippen LogP contribution in [0.1, 0.15) is 85.5 Å². The quantitative estimate of drug-likeness (QED) is 0.473. The van der Waals surface area contributed by atoms with Gasteiger partial charge in [-0.1, -0.05) is 38.0 Å². The molecule has 4 aliphatic carbocycles. The third-order valence-electron chi connectivity index (χ3n) is 8.73. The Kier molecular flexibility index (Phi) is 4.44. The Morgan fingerprint density at radius 2 is 1.96 bits per heavy atom. The molecule has 3 heteroatoms. The van der Waals surface area contributed by atoms with Gasteiger partial charge in [0, 0.05) is 23.7 Å². The number of hydrogen-bond acceptors (Lipinski definition) is 3. The lowest BCUT2D eigenvalue weighted by Gasteiger charge is -2.61. The molecule has 0 aromatic rings. The molecule has 27 heavy (non-hydrogen) atoms. The number of ether oxygens (including phenoxy) is 1. The molecule has 4 rings (SSSR count). The summed E-state index contributed by atoms with van der Waals surface area (Å²) in [5.41, 5.74) is 2.66. The molecule has 2 fully saturated rings. The van der Waals surface area contributed by atoms with E-state index in [4.69, 9.17) is 4.74 Å². The van der Waals surface area contributed by atoms with Gasteiger partial charge in [-0.15, -0.1) is 0 Å². The first kappa shape index (κ1) is 19.0. The molecule has 0 saturated heterocycles. The van der Waals surface area contributed by atoms with Crippen molar-refractivity contribution in [3.05, 3.63) is 23.3 Å². The molecule has 5 atom stereocenters. The van der Waals surface area contributed by atoms with Crippen LogP contribution in [-0.4, -0.2) is 17.4 Å². The van der Waals surface area contributed by atoms with Crippen LogP contribution in [0.15, 0.2) is 23.3 Å². The first-order chi connectivity index (χ1) is 12.7. The van der Waals surface area contributed by atoms with Gasteiger partial charge >= 0.3 is 5.97 Å². The summed E-state index contributed by atoms with van der Waals surface area (Å²) in [6.07, 6.45) is 13.0. The van der Waals surface area contributed by atoms with E-state index < -0.39 is 0 Å². The average molecular weight is 371 g/mol. The van der Waals surface area contributed by atoms with Gasteiger partial charge in [0.15, 0.2) is 5.78 Å². The van der Waals surface area contributed by atoms with E-state index in [1.165, 1.54) is 12.0 Å². The molecule has 2 saturated carbocycles. The molecule has 0 heterocycles. The van der Waals surface area contributed by atoms with Crippen LogP contribution in [0, 0.1) is 22.7 Å². The van der Waals surface area contributed by atoms with Crippen molar-refractivity contribution in [3.63, 3.8) is 0 Å². The highest BCUT2D eigenvalue weighted by atomic mass is 16.6. The minimum atomic E-state index is -0.370. The average Bonchev–Trinajstić information content (AvgIpc) is 2.63. The van der Waals surface area contributed by atoms with Crippen molar-refractivity contribution in [2.24, 2.45) is 22.7 Å². The maximum atomic E-state index is 12.2. The summed E-state index contributed by atoms with van der Waals surface area (Å²) in [6, 6.07) is 0. The molecular formula is C24H34O3. The van der Waals surface area contributed by atoms with E-state index in [2.05, 4.69) is 26.8 Å². The second kappa shape index (κ2) is 6.32. The minimum Gasteiger partial charge on any atom is -0.459 e. The zero-order valence-electron chi connectivity index (χ0n) is 17.4. The third-order valence-corrected chi connectivity index (χ3v) is 8.73. The van der Waals surface area contributed by atoms with Crippen LogP contribution in [-0.2, 0) is 14.3 Å². The normalized spacial score (nSPS) is 43.6. The first-order valence-electron chi connectivity index (χ1n) is 10.9. The number of hydrogen-bond donors (Lipinski definition) is 0. The maximum Gasteiger partial charge on any atom is 0.306 e. The molecule has 0 N–H and O–H groups in total. The second-order valence-electron chi connectivity index (χ2n) is 9.95. The zero-order valence-corrected chi connectivity index (χ0v) is 17.4. The highest BCUT2D eigenvalue weighted by Gasteiger charge is 2.59. The molecule has 4 aliphatic rings. The van der Waals surface area contributed by atoms with Crippen molar-refractivity contribution in [2.45, 2.75) is 91.1 Å². The monoisotopic (exact) mass is 370 g/mol. The molecule has 0 spiro atoms. The Morgan fingerprint density at radius 3 is 2.70 bits per heavy atom. The van der Waals surface area contributed by atoms with Crippen molar-refractivity contribution in [3.8, 4) is 0 Å². The van der Waals surface area contributed by atoms with E-state index >= 15 is 0 Å². The van der Waals surface area contributed by atoms with Crippen LogP contribution < -0.4 is 0 Å². The van der Waals surface area contributed by atoms with Gasteiger partial charge < -0.3 is 4.74 Å². The van der Waals surface area contributed by atoms with Crippen LogP contribution in [0.25, 0.3) is 0 Å². The molecule has 4 unspecified atom stereocenters. The molecule has 3 nitrogen and oxygen atoms in total. The molecular weight excluding hydrogens is 336 g/mol. The fourth-order valence-corrected chi connectivity index (χ4v) is 6.79. The van der Waals surface area contributed by atoms with Gasteiger partial charge in [0.1, 0.15) is 5.60 Å². The first-order valence-corrected chi connectivity index (χ1v) is 10.9. The summed E-state index contributed by atoms with van der Waals surface area (Å²) in [6.45, 7) is 8.80. The Bertz CT molecular complexity index is 732. The largest absolute Gasteiger partial charge is 0.459 e. The number of fused-ring (bicyclic) bond motifs is 5. The number of ketones is 1. The van der Waals surface area contributed by atoms with Crippen molar-refractivity contribution < 1.29 is 14.3 Å². The summed E-state index contributed by atoms with van der Waals surface area (Å²) < 4.78 is 6.10. The lowest BCUT2D eigenvalue weighted by Crippen LogP contribution is -2.58. The fourth-order valence-electron chi connectivity index (χ4n) is 6.79. The van der Waals surface area contributed by atoms with Gasteiger partial charge in [0.2, 0.25) is 0 Å². The number of esters is 1. The van der Waals surface area contributed by atoms with Gasteiger partial charge in [-0.3, -0.25) is 9.59 Å². The summed E-state index contributed by atoms with van der Waals surface area (Å²) in [7, 11) is 0. The maximum absolute atomic E-state index is 12.2. The lowest BCUT2D eigenvalue weighted by atomic mass is 9.46. The van der Waals surface area contributed by atoms with Crippen molar-refractivity contribution >= 4 is 11.8 Å². The van der Waals surface area contributed by atoms with Crippen molar-refractivity contribution in [1.82, 2.24) is 0 Å². The summed E-state index contributed by atoms with van der Waals surface area (Å²) in [4.78, 5) is 24.1. The Morgan fingerprint density at radius 1 is 1.19 bits per heavy atom. The molecule has 0 aromatic heterocycles. The predicted octanol–water partition coefficient (Wildman–Crippen LogP) is 5.54. The topological polar surface area (TPSA) is 43.4 Å². The Balaban J connectivity index is 1.72. The molecule has 0 radical (unpaired) electrons. The van der Waals surface area contributed by atoms with Gasteiger partial charge in [0.05, 0.1) is 0 Å². The Labute approximate surface area is 163 Å². The van der Waals surface area contributed by atoms with E-state index in [1.807, 2.05) is 13.0 Å². The highest BCUT2D eigenvalue weighted by molar-refractivity contribution is 5.92. The molecule has 0 aliphatic heterocycles. The van der Waals surface area contributed by atoms with E-state index in [1.54, 1.807) is 5.57 Å². The summed E-state index contributed by atoms with van der Waals surface area (Å²) in [5.74, 6) is 1.37. The SMILES string of the molecule is CCC(=O)O[C@@]1(C)CCCC2C3CCC4=CC(=O)CCC4(C)C3=CCC21C. The van der Waals surface area contributed by atoms with E-state index in [0.717, 1.165) is 38.5 Å². The number of rotatable bonds is 2. The third kappa shape index (κ3) is 2.68. The zero-order chi connectivity index (χ0) is 19.4. The van der Waals surface area contributed by atoms with Crippen LogP contribution >= 0.6 is 0 Å². The smallest absolute Gasteiger partial charge is 0.306 e. The highest BCUT2D eigenvalue weighted by Crippen LogP contribution is 2.64. The lowest BCUT2D eigenvalue weighted by molar-refractivity contribution is -0.193. The molecule has 0 aromatic carbocycles. The van der Waals surface area contributed by atoms with Gasteiger partial charge in [-0.25, -0.2) is 0 Å². The summed E-state index contributed by atoms with van der Waals surface area (Å²) >= 11 is 0. The van der Waals surface area contributed by atoms with Crippen molar-refractivity contribution in [2.75, 3.05) is 0 Å². The van der Waals surface area contributed by atoms with Gasteiger partial charge in [-0.05, 0) is 69.8 Å². The number of carbonyl (C=O) groups is 2. The second-order valence-corrected chi connectivity index (χ2v) is 9.95. The number of allylic oxidation sites excluding steroid dienone is 4. The molecule has 0 amide bonds. The summed E-state index contributed by atoms with van der Waals surface area (Å²) in [5, 5.41) is 0. The Hall–Kier alpha value is -1.38. The van der Waals surface area contributed by atoms with E-state index in [0.29, 0.717) is 30.5 Å².